The van der Waals surface area contributed by atoms with Crippen LogP contribution in [0.3, 0.4) is 0 Å². The molecule has 0 spiro atoms. The second-order valence-corrected chi connectivity index (χ2v) is 6.40. The van der Waals surface area contributed by atoms with E-state index in [1.54, 1.807) is 12.1 Å². The number of nitrogens with one attached hydrogen (secondary N) is 1. The smallest absolute Gasteiger partial charge is 0.340 e. The molecule has 0 atom stereocenters. The molecule has 0 saturated heterocycles. The predicted octanol–water partition coefficient (Wildman–Crippen LogP) is 4.79. The number of benzene rings is 3. The molecule has 0 radical (unpaired) electrons. The predicted molar refractivity (Wildman–Crippen MR) is 106 cm³/mol. The van der Waals surface area contributed by atoms with Gasteiger partial charge in [0.2, 0.25) is 0 Å². The zero-order chi connectivity index (χ0) is 20.8. The van der Waals surface area contributed by atoms with Crippen LogP contribution in [-0.2, 0) is 17.6 Å². The molecular weight excluding hydrogens is 376 g/mol. The van der Waals surface area contributed by atoms with Gasteiger partial charge in [-0.1, -0.05) is 48.5 Å². The lowest BCUT2D eigenvalue weighted by Gasteiger charge is -2.12. The minimum absolute atomic E-state index is 0.297. The first-order valence-corrected chi connectivity index (χ1v) is 9.00. The molecule has 3 rings (SSSR count). The first-order valence-electron chi connectivity index (χ1n) is 9.00. The number of aryl methyl sites for hydroxylation is 2. The van der Waals surface area contributed by atoms with Gasteiger partial charge >= 0.3 is 5.97 Å². The summed E-state index contributed by atoms with van der Waals surface area (Å²) in [6, 6.07) is 18.3. The van der Waals surface area contributed by atoms with Gasteiger partial charge < -0.3 is 10.1 Å². The highest BCUT2D eigenvalue weighted by atomic mass is 19.1. The van der Waals surface area contributed by atoms with Crippen molar-refractivity contribution >= 4 is 17.6 Å². The molecule has 3 aromatic rings. The van der Waals surface area contributed by atoms with Gasteiger partial charge in [-0.15, -0.1) is 0 Å². The molecule has 6 heteroatoms. The Morgan fingerprint density at radius 1 is 0.862 bits per heavy atom. The maximum absolute atomic E-state index is 14.1. The van der Waals surface area contributed by atoms with Gasteiger partial charge in [0.25, 0.3) is 5.91 Å². The fraction of sp³-hybridized carbons (Fsp3) is 0.130. The van der Waals surface area contributed by atoms with Gasteiger partial charge in [0.15, 0.2) is 0 Å². The van der Waals surface area contributed by atoms with Crippen molar-refractivity contribution in [3.8, 4) is 0 Å². The maximum atomic E-state index is 14.1. The van der Waals surface area contributed by atoms with Crippen molar-refractivity contribution in [3.05, 3.63) is 101 Å². The standard InChI is InChI=1S/C23H19F2NO3/c1-29-23(28)18-13-21(20(25)14-19(18)24)26-22(27)17-10-6-5-9-16(17)12-11-15-7-3-2-4-8-15/h2-10,13-14H,11-12H2,1H3,(H,26,27). The first-order chi connectivity index (χ1) is 14.0. The van der Waals surface area contributed by atoms with Crippen molar-refractivity contribution in [2.24, 2.45) is 0 Å². The number of carbonyl (C=O) groups is 2. The Balaban J connectivity index is 1.82. The molecule has 0 saturated carbocycles. The van der Waals surface area contributed by atoms with Crippen molar-refractivity contribution < 1.29 is 23.1 Å². The number of anilines is 1. The number of halogens is 2. The Labute approximate surface area is 167 Å². The number of hydrogen-bond donors (Lipinski definition) is 1. The molecule has 3 aromatic carbocycles. The lowest BCUT2D eigenvalue weighted by atomic mass is 9.99. The summed E-state index contributed by atoms with van der Waals surface area (Å²) in [4.78, 5) is 24.4. The third-order valence-corrected chi connectivity index (χ3v) is 4.50. The molecule has 29 heavy (non-hydrogen) atoms. The molecule has 0 unspecified atom stereocenters. The Bertz CT molecular complexity index is 1040. The number of hydrogen-bond acceptors (Lipinski definition) is 3. The van der Waals surface area contributed by atoms with Crippen molar-refractivity contribution in [2.75, 3.05) is 12.4 Å². The van der Waals surface area contributed by atoms with Crippen molar-refractivity contribution in [2.45, 2.75) is 12.8 Å². The van der Waals surface area contributed by atoms with Crippen LogP contribution in [0.4, 0.5) is 14.5 Å². The third-order valence-electron chi connectivity index (χ3n) is 4.50. The van der Waals surface area contributed by atoms with Crippen molar-refractivity contribution in [3.63, 3.8) is 0 Å². The van der Waals surface area contributed by atoms with E-state index in [4.69, 9.17) is 0 Å². The van der Waals surface area contributed by atoms with E-state index in [-0.39, 0.29) is 5.69 Å². The van der Waals surface area contributed by atoms with Gasteiger partial charge in [0, 0.05) is 11.6 Å². The highest BCUT2D eigenvalue weighted by Crippen LogP contribution is 2.22. The van der Waals surface area contributed by atoms with Crippen LogP contribution in [0.15, 0.2) is 66.7 Å². The highest BCUT2D eigenvalue weighted by Gasteiger charge is 2.19. The summed E-state index contributed by atoms with van der Waals surface area (Å²) in [6.07, 6.45) is 1.36. The summed E-state index contributed by atoms with van der Waals surface area (Å²) >= 11 is 0. The molecular formula is C23H19F2NO3. The molecule has 0 aliphatic rings. The Kier molecular flexibility index (Phi) is 6.34. The summed E-state index contributed by atoms with van der Waals surface area (Å²) in [5.41, 5.74) is 1.56. The van der Waals surface area contributed by atoms with Gasteiger partial charge in [0.1, 0.15) is 11.6 Å². The highest BCUT2D eigenvalue weighted by molar-refractivity contribution is 6.06. The van der Waals surface area contributed by atoms with Crippen LogP contribution in [0, 0.1) is 11.6 Å². The third kappa shape index (κ3) is 4.85. The van der Waals surface area contributed by atoms with Gasteiger partial charge in [0.05, 0.1) is 18.4 Å². The van der Waals surface area contributed by atoms with Crippen molar-refractivity contribution in [1.82, 2.24) is 0 Å². The minimum atomic E-state index is -1.06. The first kappa shape index (κ1) is 20.2. The van der Waals surface area contributed by atoms with Gasteiger partial charge in [-0.05, 0) is 36.1 Å². The van der Waals surface area contributed by atoms with E-state index in [9.17, 15) is 18.4 Å². The Morgan fingerprint density at radius 2 is 1.55 bits per heavy atom. The fourth-order valence-corrected chi connectivity index (χ4v) is 2.98. The molecule has 0 fully saturated rings. The van der Waals surface area contributed by atoms with E-state index in [1.807, 2.05) is 42.5 Å². The Hall–Kier alpha value is -3.54. The van der Waals surface area contributed by atoms with Crippen LogP contribution in [-0.4, -0.2) is 19.0 Å². The topological polar surface area (TPSA) is 55.4 Å². The lowest BCUT2D eigenvalue weighted by Crippen LogP contribution is -2.17. The lowest BCUT2D eigenvalue weighted by molar-refractivity contribution is 0.0595. The minimum Gasteiger partial charge on any atom is -0.465 e. The largest absolute Gasteiger partial charge is 0.465 e. The van der Waals surface area contributed by atoms with Gasteiger partial charge in [-0.2, -0.15) is 0 Å². The van der Waals surface area contributed by atoms with Crippen LogP contribution in [0.1, 0.15) is 31.8 Å². The van der Waals surface area contributed by atoms with E-state index < -0.39 is 29.1 Å². The summed E-state index contributed by atoms with van der Waals surface area (Å²) in [6.45, 7) is 0. The van der Waals surface area contributed by atoms with E-state index in [2.05, 4.69) is 10.1 Å². The number of esters is 1. The average molecular weight is 395 g/mol. The summed E-state index contributed by atoms with van der Waals surface area (Å²) in [7, 11) is 1.09. The second kappa shape index (κ2) is 9.10. The number of rotatable bonds is 6. The van der Waals surface area contributed by atoms with Crippen LogP contribution in [0.2, 0.25) is 0 Å². The van der Waals surface area contributed by atoms with E-state index in [0.29, 0.717) is 18.1 Å². The summed E-state index contributed by atoms with van der Waals surface area (Å²) < 4.78 is 32.4. The Morgan fingerprint density at radius 3 is 2.28 bits per heavy atom. The van der Waals surface area contributed by atoms with Crippen LogP contribution in [0.5, 0.6) is 0 Å². The van der Waals surface area contributed by atoms with Crippen LogP contribution in [0.25, 0.3) is 0 Å². The van der Waals surface area contributed by atoms with E-state index in [1.165, 1.54) is 0 Å². The van der Waals surface area contributed by atoms with Gasteiger partial charge in [-0.3, -0.25) is 4.79 Å². The number of carbonyl (C=O) groups excluding carboxylic acids is 2. The summed E-state index contributed by atoms with van der Waals surface area (Å²) in [5.74, 6) is -3.54. The zero-order valence-corrected chi connectivity index (χ0v) is 15.7. The van der Waals surface area contributed by atoms with Crippen molar-refractivity contribution in [1.29, 1.82) is 0 Å². The molecule has 0 aliphatic heterocycles. The summed E-state index contributed by atoms with van der Waals surface area (Å²) in [5, 5.41) is 2.42. The molecule has 148 valence electrons. The quantitative estimate of drug-likeness (QED) is 0.611. The van der Waals surface area contributed by atoms with Crippen LogP contribution >= 0.6 is 0 Å². The van der Waals surface area contributed by atoms with Crippen LogP contribution < -0.4 is 5.32 Å². The molecule has 0 aromatic heterocycles. The zero-order valence-electron chi connectivity index (χ0n) is 15.7. The number of ether oxygens (including phenoxy) is 1. The molecule has 0 aliphatic carbocycles. The van der Waals surface area contributed by atoms with Gasteiger partial charge in [-0.25, -0.2) is 13.6 Å². The normalized spacial score (nSPS) is 10.4. The molecule has 1 N–H and O–H groups in total. The SMILES string of the molecule is COC(=O)c1cc(NC(=O)c2ccccc2CCc2ccccc2)c(F)cc1F. The average Bonchev–Trinajstić information content (AvgIpc) is 2.74. The number of methoxy groups -OCH3 is 1. The van der Waals surface area contributed by atoms with E-state index >= 15 is 0 Å². The molecule has 0 heterocycles. The molecule has 0 bridgehead atoms. The monoisotopic (exact) mass is 395 g/mol. The molecule has 1 amide bonds. The fourth-order valence-electron chi connectivity index (χ4n) is 2.98. The maximum Gasteiger partial charge on any atom is 0.340 e. The van der Waals surface area contributed by atoms with E-state index in [0.717, 1.165) is 30.7 Å². The number of amides is 1. The second-order valence-electron chi connectivity index (χ2n) is 6.40. The molecule has 4 nitrogen and oxygen atoms in total.